The lowest BCUT2D eigenvalue weighted by molar-refractivity contribution is 0.740. The fourth-order valence-electron chi connectivity index (χ4n) is 6.63. The van der Waals surface area contributed by atoms with E-state index in [-0.39, 0.29) is 10.1 Å². The van der Waals surface area contributed by atoms with Gasteiger partial charge in [0.15, 0.2) is 0 Å². The minimum absolute atomic E-state index is 0.313. The average molecular weight is 783 g/mol. The summed E-state index contributed by atoms with van der Waals surface area (Å²) in [5, 5.41) is 1.57. The highest BCUT2D eigenvalue weighted by molar-refractivity contribution is 7.08. The van der Waals surface area contributed by atoms with Crippen LogP contribution in [0.3, 0.4) is 0 Å². The van der Waals surface area contributed by atoms with Crippen molar-refractivity contribution in [3.63, 3.8) is 0 Å². The van der Waals surface area contributed by atoms with Crippen LogP contribution in [0.25, 0.3) is 0 Å². The third-order valence-electron chi connectivity index (χ3n) is 10.1. The lowest BCUT2D eigenvalue weighted by atomic mass is 10.1. The second kappa shape index (κ2) is 19.8. The summed E-state index contributed by atoms with van der Waals surface area (Å²) in [7, 11) is -6.28. The zero-order valence-corrected chi connectivity index (χ0v) is 37.5. The Hall–Kier alpha value is -6.11. The van der Waals surface area contributed by atoms with Gasteiger partial charge in [-0.2, -0.15) is 0 Å². The Balaban J connectivity index is 2.01. The lowest BCUT2D eigenvalue weighted by Crippen LogP contribution is -2.58. The normalized spacial score (nSPS) is 10.9. The molecule has 0 saturated heterocycles. The van der Waals surface area contributed by atoms with Crippen molar-refractivity contribution < 1.29 is 0 Å². The molecule has 0 amide bonds. The molecule has 0 spiro atoms. The van der Waals surface area contributed by atoms with Gasteiger partial charge in [-0.25, -0.2) is 0 Å². The fourth-order valence-corrected chi connectivity index (χ4v) is 13.5. The van der Waals surface area contributed by atoms with E-state index < -0.39 is 16.1 Å². The van der Waals surface area contributed by atoms with Gasteiger partial charge in [0.2, 0.25) is 0 Å². The molecular formula is C56H54Si2. The van der Waals surface area contributed by atoms with Gasteiger partial charge in [-0.15, -0.1) is 22.2 Å². The second-order valence-electron chi connectivity index (χ2n) is 16.5. The Bertz CT molecular complexity index is 2250. The number of hydrogen-bond acceptors (Lipinski definition) is 0. The molecule has 0 N–H and O–H groups in total. The molecule has 0 aliphatic rings. The monoisotopic (exact) mass is 782 g/mol. The van der Waals surface area contributed by atoms with Crippen LogP contribution in [0.5, 0.6) is 0 Å². The molecule has 0 heterocycles. The third kappa shape index (κ3) is 10.6. The topological polar surface area (TPSA) is 0 Å². The van der Waals surface area contributed by atoms with Crippen molar-refractivity contribution >= 4 is 26.5 Å². The summed E-state index contributed by atoms with van der Waals surface area (Å²) in [5.74, 6) is 29.1. The quantitative estimate of drug-likeness (QED) is 0.126. The summed E-state index contributed by atoms with van der Waals surface area (Å²) in [6.07, 6.45) is 3.49. The molecule has 5 aromatic rings. The molecule has 0 saturated carbocycles. The van der Waals surface area contributed by atoms with Crippen molar-refractivity contribution in [3.8, 4) is 69.5 Å². The molecule has 0 bridgehead atoms. The number of rotatable bonds is 4. The molecule has 58 heavy (non-hydrogen) atoms. The van der Waals surface area contributed by atoms with Crippen LogP contribution in [-0.4, -0.2) is 16.1 Å². The van der Waals surface area contributed by atoms with E-state index in [0.717, 1.165) is 69.4 Å². The van der Waals surface area contributed by atoms with Gasteiger partial charge in [0.05, 0.1) is 0 Å². The van der Waals surface area contributed by atoms with E-state index >= 15 is 0 Å². The van der Waals surface area contributed by atoms with Crippen molar-refractivity contribution in [2.45, 2.75) is 91.1 Å². The summed E-state index contributed by atoms with van der Waals surface area (Å²) >= 11 is 0. The van der Waals surface area contributed by atoms with Crippen LogP contribution >= 0.6 is 0 Å². The molecule has 0 radical (unpaired) electrons. The molecule has 0 atom stereocenters. The van der Waals surface area contributed by atoms with Crippen LogP contribution in [0.4, 0.5) is 0 Å². The first-order valence-corrected chi connectivity index (χ1v) is 24.4. The highest BCUT2D eigenvalue weighted by Crippen LogP contribution is 2.39. The first-order chi connectivity index (χ1) is 27.9. The molecule has 0 aliphatic carbocycles. The van der Waals surface area contributed by atoms with Gasteiger partial charge in [-0.1, -0.05) is 176 Å². The van der Waals surface area contributed by atoms with Crippen LogP contribution in [0.2, 0.25) is 10.1 Å². The minimum atomic E-state index is -3.14. The summed E-state index contributed by atoms with van der Waals surface area (Å²) in [4.78, 5) is 0. The molecular weight excluding hydrogens is 729 g/mol. The predicted octanol–water partition coefficient (Wildman–Crippen LogP) is 11.3. The molecule has 0 nitrogen and oxygen atoms in total. The van der Waals surface area contributed by atoms with Crippen molar-refractivity contribution in [2.75, 3.05) is 0 Å². The SMILES string of the molecule is CCCC#Cc1cc([Si](C#Cc2ccccc2)(C#Cc2ccccc2)C(C)(C)C)c(C#CCCC)cc1[Si](C#Cc1ccccc1)(C#Cc1ccccc1)C(C)(C)C. The van der Waals surface area contributed by atoms with Crippen LogP contribution < -0.4 is 10.4 Å². The molecule has 286 valence electrons. The maximum absolute atomic E-state index is 3.94. The van der Waals surface area contributed by atoms with Gasteiger partial charge in [0.25, 0.3) is 16.1 Å². The van der Waals surface area contributed by atoms with Crippen molar-refractivity contribution in [1.29, 1.82) is 0 Å². The van der Waals surface area contributed by atoms with Gasteiger partial charge in [0.1, 0.15) is 0 Å². The molecule has 2 heteroatoms. The zero-order valence-electron chi connectivity index (χ0n) is 35.5. The van der Waals surface area contributed by atoms with Crippen LogP contribution in [0.15, 0.2) is 133 Å². The number of hydrogen-bond donors (Lipinski definition) is 0. The average Bonchev–Trinajstić information content (AvgIpc) is 3.22. The van der Waals surface area contributed by atoms with Crippen molar-refractivity contribution in [1.82, 2.24) is 0 Å². The summed E-state index contributed by atoms with van der Waals surface area (Å²) in [6.45, 7) is 18.1. The Labute approximate surface area is 352 Å². The summed E-state index contributed by atoms with van der Waals surface area (Å²) < 4.78 is 0. The lowest BCUT2D eigenvalue weighted by Gasteiger charge is -2.38. The Morgan fingerprint density at radius 3 is 0.862 bits per heavy atom. The van der Waals surface area contributed by atoms with E-state index in [1.807, 2.05) is 72.8 Å². The van der Waals surface area contributed by atoms with Gasteiger partial charge in [-0.05, 0) is 94.0 Å². The van der Waals surface area contributed by atoms with Gasteiger partial charge in [-0.3, -0.25) is 0 Å². The summed E-state index contributed by atoms with van der Waals surface area (Å²) in [6, 6.07) is 45.7. The minimum Gasteiger partial charge on any atom is -0.104 e. The smallest absolute Gasteiger partial charge is 0.104 e. The van der Waals surface area contributed by atoms with E-state index in [0.29, 0.717) is 0 Å². The highest BCUT2D eigenvalue weighted by atomic mass is 28.3. The van der Waals surface area contributed by atoms with E-state index in [1.165, 1.54) is 0 Å². The zero-order chi connectivity index (χ0) is 41.5. The van der Waals surface area contributed by atoms with Crippen molar-refractivity contribution in [3.05, 3.63) is 167 Å². The van der Waals surface area contributed by atoms with E-state index in [2.05, 4.69) is 186 Å². The van der Waals surface area contributed by atoms with E-state index in [9.17, 15) is 0 Å². The Morgan fingerprint density at radius 1 is 0.379 bits per heavy atom. The molecule has 5 rings (SSSR count). The first kappa shape index (κ1) is 43.0. The fraction of sp³-hybridized carbons (Fsp3) is 0.250. The Kier molecular flexibility index (Phi) is 14.7. The number of unbranched alkanes of at least 4 members (excludes halogenated alkanes) is 2. The van der Waals surface area contributed by atoms with Crippen LogP contribution in [-0.2, 0) is 0 Å². The maximum Gasteiger partial charge on any atom is 0.253 e. The van der Waals surface area contributed by atoms with Crippen LogP contribution in [0, 0.1) is 69.5 Å². The van der Waals surface area contributed by atoms with Crippen LogP contribution in [0.1, 0.15) is 114 Å². The molecule has 5 aromatic carbocycles. The van der Waals surface area contributed by atoms with Gasteiger partial charge in [0, 0.05) is 46.2 Å². The molecule has 0 aromatic heterocycles. The van der Waals surface area contributed by atoms with E-state index in [4.69, 9.17) is 0 Å². The molecule has 0 fully saturated rings. The van der Waals surface area contributed by atoms with Gasteiger partial charge < -0.3 is 0 Å². The third-order valence-corrected chi connectivity index (χ3v) is 19.0. The predicted molar refractivity (Wildman–Crippen MR) is 253 cm³/mol. The molecule has 0 aliphatic heterocycles. The first-order valence-electron chi connectivity index (χ1n) is 20.4. The highest BCUT2D eigenvalue weighted by Gasteiger charge is 2.50. The van der Waals surface area contributed by atoms with Crippen molar-refractivity contribution in [2.24, 2.45) is 0 Å². The van der Waals surface area contributed by atoms with E-state index in [1.54, 1.807) is 0 Å². The Morgan fingerprint density at radius 2 is 0.638 bits per heavy atom. The van der Waals surface area contributed by atoms with Gasteiger partial charge >= 0.3 is 0 Å². The second-order valence-corrected chi connectivity index (χ2v) is 24.6. The summed E-state index contributed by atoms with van der Waals surface area (Å²) in [5.41, 5.74) is 21.5. The maximum atomic E-state index is 3.94. The standard InChI is InChI=1S/C56H54Si2/c1-9-11-17-35-51-45-54(58(56(6,7)8,43-39-49-31-23-15-24-32-49)44-40-50-33-25-16-26-34-50)52(36-18-12-10-2)46-53(51)57(55(3,4)5,41-37-47-27-19-13-20-28-47)42-38-48-29-21-14-22-30-48/h13-16,19-34,45-46H,9-12H2,1-8H3. The number of benzene rings is 5. The largest absolute Gasteiger partial charge is 0.253 e. The molecule has 0 unspecified atom stereocenters.